The van der Waals surface area contributed by atoms with Crippen molar-refractivity contribution in [2.75, 3.05) is 13.2 Å². The van der Waals surface area contributed by atoms with Gasteiger partial charge in [0, 0.05) is 23.1 Å². The Labute approximate surface area is 157 Å². The van der Waals surface area contributed by atoms with Crippen molar-refractivity contribution in [3.63, 3.8) is 0 Å². The summed E-state index contributed by atoms with van der Waals surface area (Å²) in [4.78, 5) is 17.1. The molecular formula is C21H22FN3O2. The highest BCUT2D eigenvalue weighted by atomic mass is 19.1. The van der Waals surface area contributed by atoms with Crippen LogP contribution in [0.15, 0.2) is 42.6 Å². The molecule has 1 saturated heterocycles. The number of halogens is 1. The minimum absolute atomic E-state index is 0.228. The van der Waals surface area contributed by atoms with E-state index in [4.69, 9.17) is 4.74 Å². The molecule has 0 radical (unpaired) electrons. The van der Waals surface area contributed by atoms with Gasteiger partial charge in [-0.2, -0.15) is 0 Å². The molecule has 1 aliphatic rings. The predicted molar refractivity (Wildman–Crippen MR) is 101 cm³/mol. The van der Waals surface area contributed by atoms with E-state index < -0.39 is 5.97 Å². The first-order chi connectivity index (χ1) is 13.2. The largest absolute Gasteiger partial charge is 0.461 e. The number of esters is 1. The number of fused-ring (bicyclic) bond motifs is 1. The minimum Gasteiger partial charge on any atom is -0.461 e. The molecular weight excluding hydrogens is 345 g/mol. The summed E-state index contributed by atoms with van der Waals surface area (Å²) in [5.41, 5.74) is 3.28. The Morgan fingerprint density at radius 3 is 3.04 bits per heavy atom. The summed E-state index contributed by atoms with van der Waals surface area (Å²) in [6.07, 6.45) is 3.97. The molecule has 4 rings (SSSR count). The number of nitrogens with one attached hydrogen (secondary N) is 1. The smallest absolute Gasteiger partial charge is 0.354 e. The molecule has 3 heterocycles. The lowest BCUT2D eigenvalue weighted by Gasteiger charge is -2.17. The van der Waals surface area contributed by atoms with Crippen molar-refractivity contribution < 1.29 is 13.9 Å². The molecule has 27 heavy (non-hydrogen) atoms. The van der Waals surface area contributed by atoms with Crippen LogP contribution in [0.1, 0.15) is 47.6 Å². The second kappa shape index (κ2) is 7.48. The lowest BCUT2D eigenvalue weighted by atomic mass is 10.1. The lowest BCUT2D eigenvalue weighted by Crippen LogP contribution is -2.18. The van der Waals surface area contributed by atoms with E-state index in [0.717, 1.165) is 36.2 Å². The Morgan fingerprint density at radius 1 is 1.37 bits per heavy atom. The van der Waals surface area contributed by atoms with Crippen LogP contribution >= 0.6 is 0 Å². The van der Waals surface area contributed by atoms with E-state index in [1.165, 1.54) is 12.1 Å². The van der Waals surface area contributed by atoms with Crippen LogP contribution in [0, 0.1) is 5.82 Å². The predicted octanol–water partition coefficient (Wildman–Crippen LogP) is 3.82. The van der Waals surface area contributed by atoms with Crippen LogP contribution in [0.5, 0.6) is 0 Å². The van der Waals surface area contributed by atoms with Gasteiger partial charge < -0.3 is 14.6 Å². The van der Waals surface area contributed by atoms with Crippen molar-refractivity contribution in [1.29, 1.82) is 0 Å². The Kier molecular flexibility index (Phi) is 4.90. The van der Waals surface area contributed by atoms with Gasteiger partial charge in [0.15, 0.2) is 0 Å². The zero-order chi connectivity index (χ0) is 18.8. The van der Waals surface area contributed by atoms with E-state index in [1.807, 2.05) is 16.7 Å². The summed E-state index contributed by atoms with van der Waals surface area (Å²) in [6.45, 7) is 3.53. The van der Waals surface area contributed by atoms with E-state index in [9.17, 15) is 9.18 Å². The van der Waals surface area contributed by atoms with Gasteiger partial charge in [0.1, 0.15) is 11.5 Å². The molecule has 1 aromatic carbocycles. The number of nitrogens with zero attached hydrogens (tertiary/aromatic N) is 2. The number of benzene rings is 1. The van der Waals surface area contributed by atoms with E-state index in [0.29, 0.717) is 24.2 Å². The van der Waals surface area contributed by atoms with E-state index >= 15 is 0 Å². The van der Waals surface area contributed by atoms with Crippen molar-refractivity contribution >= 4 is 16.9 Å². The third-order valence-corrected chi connectivity index (χ3v) is 4.99. The minimum atomic E-state index is -0.404. The fourth-order valence-corrected chi connectivity index (χ4v) is 3.77. The summed E-state index contributed by atoms with van der Waals surface area (Å²) in [5, 5.41) is 4.17. The number of carbonyl (C=O) groups is 1. The number of hydrogen-bond donors (Lipinski definition) is 1. The molecule has 5 nitrogen and oxygen atoms in total. The zero-order valence-electron chi connectivity index (χ0n) is 15.2. The fraction of sp³-hybridized carbons (Fsp3) is 0.333. The SMILES string of the molecule is CCOC(=O)c1cc2cc(F)ccc2n1Cc1cccnc1C1CCCN1. The normalized spacial score (nSPS) is 16.7. The number of rotatable bonds is 5. The quantitative estimate of drug-likeness (QED) is 0.697. The Morgan fingerprint density at radius 2 is 2.26 bits per heavy atom. The average Bonchev–Trinajstić information content (AvgIpc) is 3.31. The second-order valence-corrected chi connectivity index (χ2v) is 6.74. The standard InChI is InChI=1S/C21H22FN3O2/c1-2-27-21(26)19-12-15-11-16(22)7-8-18(15)25(19)13-14-5-3-10-24-20(14)17-6-4-9-23-17/h3,5,7-8,10-12,17,23H,2,4,6,9,13H2,1H3. The Balaban J connectivity index is 1.79. The van der Waals surface area contributed by atoms with Crippen molar-refractivity contribution in [2.24, 2.45) is 0 Å². The first kappa shape index (κ1) is 17.7. The summed E-state index contributed by atoms with van der Waals surface area (Å²) in [6, 6.07) is 10.4. The maximum atomic E-state index is 13.7. The van der Waals surface area contributed by atoms with E-state index in [-0.39, 0.29) is 11.9 Å². The number of pyridine rings is 1. The first-order valence-corrected chi connectivity index (χ1v) is 9.30. The van der Waals surface area contributed by atoms with Gasteiger partial charge in [-0.3, -0.25) is 4.98 Å². The summed E-state index contributed by atoms with van der Waals surface area (Å²) in [5.74, 6) is -0.731. The number of aromatic nitrogens is 2. The highest BCUT2D eigenvalue weighted by Gasteiger charge is 2.23. The van der Waals surface area contributed by atoms with Crippen LogP contribution in [0.3, 0.4) is 0 Å². The molecule has 0 spiro atoms. The highest BCUT2D eigenvalue weighted by molar-refractivity contribution is 5.95. The van der Waals surface area contributed by atoms with E-state index in [2.05, 4.69) is 10.3 Å². The van der Waals surface area contributed by atoms with Gasteiger partial charge in [-0.05, 0) is 62.2 Å². The van der Waals surface area contributed by atoms with Crippen LogP contribution < -0.4 is 5.32 Å². The molecule has 0 aliphatic carbocycles. The number of carbonyl (C=O) groups excluding carboxylic acids is 1. The Hall–Kier alpha value is -2.73. The highest BCUT2D eigenvalue weighted by Crippen LogP contribution is 2.28. The molecule has 1 unspecified atom stereocenters. The maximum Gasteiger partial charge on any atom is 0.354 e. The van der Waals surface area contributed by atoms with Crippen LogP contribution in [-0.4, -0.2) is 28.7 Å². The lowest BCUT2D eigenvalue weighted by molar-refractivity contribution is 0.0515. The molecule has 3 aromatic rings. The van der Waals surface area contributed by atoms with Crippen molar-refractivity contribution in [3.8, 4) is 0 Å². The van der Waals surface area contributed by atoms with Gasteiger partial charge in [0.2, 0.25) is 0 Å². The molecule has 1 fully saturated rings. The second-order valence-electron chi connectivity index (χ2n) is 6.74. The van der Waals surface area contributed by atoms with Crippen molar-refractivity contribution in [2.45, 2.75) is 32.4 Å². The monoisotopic (exact) mass is 367 g/mol. The topological polar surface area (TPSA) is 56.2 Å². The van der Waals surface area contributed by atoms with Crippen LogP contribution in [0.2, 0.25) is 0 Å². The van der Waals surface area contributed by atoms with Gasteiger partial charge in [0.25, 0.3) is 0 Å². The number of hydrogen-bond acceptors (Lipinski definition) is 4. The third kappa shape index (κ3) is 3.45. The van der Waals surface area contributed by atoms with E-state index in [1.54, 1.807) is 25.3 Å². The molecule has 140 valence electrons. The van der Waals surface area contributed by atoms with Gasteiger partial charge in [-0.25, -0.2) is 9.18 Å². The molecule has 1 N–H and O–H groups in total. The Bertz CT molecular complexity index is 977. The molecule has 0 bridgehead atoms. The molecule has 0 saturated carbocycles. The van der Waals surface area contributed by atoms with Crippen molar-refractivity contribution in [3.05, 3.63) is 65.4 Å². The fourth-order valence-electron chi connectivity index (χ4n) is 3.77. The molecule has 1 atom stereocenters. The average molecular weight is 367 g/mol. The molecule has 1 aliphatic heterocycles. The summed E-state index contributed by atoms with van der Waals surface area (Å²) in [7, 11) is 0. The molecule has 6 heteroatoms. The van der Waals surface area contributed by atoms with Crippen LogP contribution in [-0.2, 0) is 11.3 Å². The van der Waals surface area contributed by atoms with Gasteiger partial charge in [-0.1, -0.05) is 6.07 Å². The van der Waals surface area contributed by atoms with Crippen molar-refractivity contribution in [1.82, 2.24) is 14.9 Å². The summed E-state index contributed by atoms with van der Waals surface area (Å²) < 4.78 is 20.8. The zero-order valence-corrected chi connectivity index (χ0v) is 15.2. The molecule has 0 amide bonds. The van der Waals surface area contributed by atoms with Gasteiger partial charge in [-0.15, -0.1) is 0 Å². The number of ether oxygens (including phenoxy) is 1. The third-order valence-electron chi connectivity index (χ3n) is 4.99. The van der Waals surface area contributed by atoms with Crippen LogP contribution in [0.4, 0.5) is 4.39 Å². The summed E-state index contributed by atoms with van der Waals surface area (Å²) >= 11 is 0. The van der Waals surface area contributed by atoms with Gasteiger partial charge >= 0.3 is 5.97 Å². The first-order valence-electron chi connectivity index (χ1n) is 9.30. The van der Waals surface area contributed by atoms with Crippen LogP contribution in [0.25, 0.3) is 10.9 Å². The van der Waals surface area contributed by atoms with Gasteiger partial charge in [0.05, 0.1) is 18.8 Å². The maximum absolute atomic E-state index is 13.7. The molecule has 2 aromatic heterocycles.